The van der Waals surface area contributed by atoms with E-state index in [0.717, 1.165) is 0 Å². The molecule has 0 fully saturated rings. The van der Waals surface area contributed by atoms with E-state index in [1.165, 1.54) is 0 Å². The van der Waals surface area contributed by atoms with Crippen molar-refractivity contribution < 1.29 is 19.0 Å². The average Bonchev–Trinajstić information content (AvgIpc) is 2.03. The molecule has 0 aromatic heterocycles. The molecular formula is C9H18O4. The second-order valence-corrected chi connectivity index (χ2v) is 2.99. The van der Waals surface area contributed by atoms with Crippen molar-refractivity contribution in [3.05, 3.63) is 0 Å². The number of hydrogen-bond acceptors (Lipinski definition) is 4. The summed E-state index contributed by atoms with van der Waals surface area (Å²) in [7, 11) is 1.56. The molecule has 1 unspecified atom stereocenters. The van der Waals surface area contributed by atoms with Gasteiger partial charge in [-0.05, 0) is 20.8 Å². The minimum Gasteiger partial charge on any atom is -0.461 e. The molecule has 0 rings (SSSR count). The SMILES string of the molecule is COCCOC(=O)C(C)OC(C)C. The molecule has 0 aliphatic heterocycles. The van der Waals surface area contributed by atoms with Gasteiger partial charge in [-0.3, -0.25) is 0 Å². The van der Waals surface area contributed by atoms with Crippen LogP contribution in [0.25, 0.3) is 0 Å². The third kappa shape index (κ3) is 6.54. The van der Waals surface area contributed by atoms with Crippen molar-refractivity contribution in [2.75, 3.05) is 20.3 Å². The Morgan fingerprint density at radius 3 is 2.31 bits per heavy atom. The van der Waals surface area contributed by atoms with Crippen molar-refractivity contribution in [2.45, 2.75) is 33.0 Å². The second-order valence-electron chi connectivity index (χ2n) is 2.99. The predicted octanol–water partition coefficient (Wildman–Crippen LogP) is 0.990. The fraction of sp³-hybridized carbons (Fsp3) is 0.889. The summed E-state index contributed by atoms with van der Waals surface area (Å²) in [5.74, 6) is -0.342. The van der Waals surface area contributed by atoms with Gasteiger partial charge in [-0.2, -0.15) is 0 Å². The van der Waals surface area contributed by atoms with Gasteiger partial charge in [-0.15, -0.1) is 0 Å². The van der Waals surface area contributed by atoms with Crippen molar-refractivity contribution in [3.63, 3.8) is 0 Å². The lowest BCUT2D eigenvalue weighted by Crippen LogP contribution is -2.27. The van der Waals surface area contributed by atoms with Crippen LogP contribution in [0.1, 0.15) is 20.8 Å². The first kappa shape index (κ1) is 12.4. The Labute approximate surface area is 79.2 Å². The van der Waals surface area contributed by atoms with E-state index in [-0.39, 0.29) is 18.7 Å². The van der Waals surface area contributed by atoms with E-state index in [1.54, 1.807) is 14.0 Å². The van der Waals surface area contributed by atoms with Gasteiger partial charge in [-0.1, -0.05) is 0 Å². The van der Waals surface area contributed by atoms with Crippen molar-refractivity contribution in [2.24, 2.45) is 0 Å². The van der Waals surface area contributed by atoms with Gasteiger partial charge in [0.25, 0.3) is 0 Å². The summed E-state index contributed by atoms with van der Waals surface area (Å²) in [5, 5.41) is 0. The predicted molar refractivity (Wildman–Crippen MR) is 48.5 cm³/mol. The standard InChI is InChI=1S/C9H18O4/c1-7(2)13-8(3)9(10)12-6-5-11-4/h7-8H,5-6H2,1-4H3. The van der Waals surface area contributed by atoms with Crippen LogP contribution in [0.2, 0.25) is 0 Å². The molecule has 0 N–H and O–H groups in total. The molecule has 0 aromatic carbocycles. The molecule has 13 heavy (non-hydrogen) atoms. The second kappa shape index (κ2) is 6.86. The van der Waals surface area contributed by atoms with Crippen LogP contribution in [-0.4, -0.2) is 38.5 Å². The number of rotatable bonds is 6. The zero-order chi connectivity index (χ0) is 10.3. The van der Waals surface area contributed by atoms with Gasteiger partial charge in [0.2, 0.25) is 0 Å². The third-order valence-corrected chi connectivity index (χ3v) is 1.34. The van der Waals surface area contributed by atoms with E-state index in [9.17, 15) is 4.79 Å². The summed E-state index contributed by atoms with van der Waals surface area (Å²) in [6.45, 7) is 6.12. The zero-order valence-corrected chi connectivity index (χ0v) is 8.70. The molecule has 0 bridgehead atoms. The molecule has 0 aliphatic carbocycles. The van der Waals surface area contributed by atoms with Crippen molar-refractivity contribution in [1.29, 1.82) is 0 Å². The Kier molecular flexibility index (Phi) is 6.54. The summed E-state index contributed by atoms with van der Waals surface area (Å²) >= 11 is 0. The molecular weight excluding hydrogens is 172 g/mol. The molecule has 4 heteroatoms. The van der Waals surface area contributed by atoms with Crippen LogP contribution in [0.3, 0.4) is 0 Å². The summed E-state index contributed by atoms with van der Waals surface area (Å²) in [5.41, 5.74) is 0. The normalized spacial score (nSPS) is 13.0. The molecule has 0 saturated carbocycles. The topological polar surface area (TPSA) is 44.8 Å². The van der Waals surface area contributed by atoms with E-state index < -0.39 is 6.10 Å². The smallest absolute Gasteiger partial charge is 0.335 e. The van der Waals surface area contributed by atoms with Crippen LogP contribution < -0.4 is 0 Å². The lowest BCUT2D eigenvalue weighted by molar-refractivity contribution is -0.159. The maximum absolute atomic E-state index is 11.2. The number of carbonyl (C=O) groups is 1. The maximum Gasteiger partial charge on any atom is 0.335 e. The highest BCUT2D eigenvalue weighted by atomic mass is 16.6. The molecule has 1 atom stereocenters. The molecule has 0 amide bonds. The molecule has 0 aliphatic rings. The molecule has 0 saturated heterocycles. The van der Waals surface area contributed by atoms with E-state index in [0.29, 0.717) is 6.61 Å². The van der Waals surface area contributed by atoms with Crippen LogP contribution in [0.5, 0.6) is 0 Å². The number of methoxy groups -OCH3 is 1. The van der Waals surface area contributed by atoms with Crippen molar-refractivity contribution in [1.82, 2.24) is 0 Å². The minimum absolute atomic E-state index is 0.0324. The highest BCUT2D eigenvalue weighted by Crippen LogP contribution is 1.99. The van der Waals surface area contributed by atoms with Crippen molar-refractivity contribution in [3.8, 4) is 0 Å². The van der Waals surface area contributed by atoms with Crippen LogP contribution >= 0.6 is 0 Å². The van der Waals surface area contributed by atoms with Crippen LogP contribution in [-0.2, 0) is 19.0 Å². The van der Waals surface area contributed by atoms with Gasteiger partial charge >= 0.3 is 5.97 Å². The van der Waals surface area contributed by atoms with Crippen LogP contribution in [0.4, 0.5) is 0 Å². The fourth-order valence-corrected chi connectivity index (χ4v) is 0.807. The summed E-state index contributed by atoms with van der Waals surface area (Å²) in [4.78, 5) is 11.2. The van der Waals surface area contributed by atoms with E-state index in [1.807, 2.05) is 13.8 Å². The van der Waals surface area contributed by atoms with Gasteiger partial charge in [0.05, 0.1) is 12.7 Å². The Bertz CT molecular complexity index is 145. The summed E-state index contributed by atoms with van der Waals surface area (Å²) in [6.07, 6.45) is -0.471. The highest BCUT2D eigenvalue weighted by Gasteiger charge is 2.15. The van der Waals surface area contributed by atoms with E-state index in [4.69, 9.17) is 14.2 Å². The van der Waals surface area contributed by atoms with E-state index >= 15 is 0 Å². The zero-order valence-electron chi connectivity index (χ0n) is 8.70. The molecule has 0 spiro atoms. The quantitative estimate of drug-likeness (QED) is 0.463. The molecule has 0 heterocycles. The first-order valence-electron chi connectivity index (χ1n) is 4.39. The number of carbonyl (C=O) groups excluding carboxylic acids is 1. The van der Waals surface area contributed by atoms with Gasteiger partial charge in [-0.25, -0.2) is 4.79 Å². The number of hydrogen-bond donors (Lipinski definition) is 0. The number of ether oxygens (including phenoxy) is 3. The van der Waals surface area contributed by atoms with Gasteiger partial charge in [0.1, 0.15) is 6.61 Å². The molecule has 0 aromatic rings. The summed E-state index contributed by atoms with van der Waals surface area (Å²) in [6, 6.07) is 0. The third-order valence-electron chi connectivity index (χ3n) is 1.34. The lowest BCUT2D eigenvalue weighted by atomic mass is 10.4. The fourth-order valence-electron chi connectivity index (χ4n) is 0.807. The van der Waals surface area contributed by atoms with E-state index in [2.05, 4.69) is 0 Å². The Balaban J connectivity index is 3.57. The monoisotopic (exact) mass is 190 g/mol. The Morgan fingerprint density at radius 1 is 1.23 bits per heavy atom. The Hall–Kier alpha value is -0.610. The average molecular weight is 190 g/mol. The lowest BCUT2D eigenvalue weighted by Gasteiger charge is -2.14. The molecule has 0 radical (unpaired) electrons. The van der Waals surface area contributed by atoms with Crippen molar-refractivity contribution >= 4 is 5.97 Å². The van der Waals surface area contributed by atoms with Crippen LogP contribution in [0, 0.1) is 0 Å². The number of esters is 1. The highest BCUT2D eigenvalue weighted by molar-refractivity contribution is 5.74. The minimum atomic E-state index is -0.503. The van der Waals surface area contributed by atoms with Gasteiger partial charge in [0.15, 0.2) is 6.10 Å². The maximum atomic E-state index is 11.2. The first-order valence-corrected chi connectivity index (χ1v) is 4.39. The largest absolute Gasteiger partial charge is 0.461 e. The van der Waals surface area contributed by atoms with Gasteiger partial charge < -0.3 is 14.2 Å². The molecule has 4 nitrogen and oxygen atoms in total. The molecule has 78 valence electrons. The Morgan fingerprint density at radius 2 is 1.85 bits per heavy atom. The van der Waals surface area contributed by atoms with Crippen LogP contribution in [0.15, 0.2) is 0 Å². The summed E-state index contributed by atoms with van der Waals surface area (Å²) < 4.78 is 14.8. The first-order chi connectivity index (χ1) is 6.07. The van der Waals surface area contributed by atoms with Gasteiger partial charge in [0, 0.05) is 7.11 Å².